The monoisotopic (exact) mass is 186 g/mol. The first kappa shape index (κ1) is 10.3. The summed E-state index contributed by atoms with van der Waals surface area (Å²) in [6.45, 7) is 0.527. The Labute approximate surface area is 78.8 Å². The van der Waals surface area contributed by atoms with Crippen molar-refractivity contribution in [3.63, 3.8) is 0 Å². The summed E-state index contributed by atoms with van der Waals surface area (Å²) in [6.07, 6.45) is 5.19. The van der Waals surface area contributed by atoms with Crippen LogP contribution in [0.4, 0.5) is 4.79 Å². The first-order valence-corrected chi connectivity index (χ1v) is 4.77. The molecule has 13 heavy (non-hydrogen) atoms. The fourth-order valence-electron chi connectivity index (χ4n) is 1.75. The number of hydrogen-bond acceptors (Lipinski definition) is 3. The van der Waals surface area contributed by atoms with Crippen molar-refractivity contribution in [3.05, 3.63) is 0 Å². The molecule has 0 aromatic carbocycles. The first-order chi connectivity index (χ1) is 6.16. The molecule has 0 atom stereocenters. The molecule has 1 aliphatic rings. The maximum absolute atomic E-state index is 10.8. The molecule has 0 heterocycles. The Morgan fingerprint density at radius 3 is 2.62 bits per heavy atom. The van der Waals surface area contributed by atoms with Gasteiger partial charge in [-0.15, -0.1) is 0 Å². The lowest BCUT2D eigenvalue weighted by Gasteiger charge is -2.33. The molecule has 0 aliphatic heterocycles. The summed E-state index contributed by atoms with van der Waals surface area (Å²) in [6, 6.07) is 0. The lowest BCUT2D eigenvalue weighted by Crippen LogP contribution is -2.51. The van der Waals surface area contributed by atoms with Gasteiger partial charge in [-0.3, -0.25) is 0 Å². The Kier molecular flexibility index (Phi) is 3.54. The molecule has 3 N–H and O–H groups in total. The van der Waals surface area contributed by atoms with Gasteiger partial charge in [0.15, 0.2) is 0 Å². The highest BCUT2D eigenvalue weighted by Crippen LogP contribution is 2.24. The predicted octanol–water partition coefficient (Wildman–Crippen LogP) is 1.00. The Hall–Kier alpha value is -0.770. The van der Waals surface area contributed by atoms with Crippen molar-refractivity contribution in [2.75, 3.05) is 13.7 Å². The first-order valence-electron chi connectivity index (χ1n) is 4.77. The fourth-order valence-corrected chi connectivity index (χ4v) is 1.75. The number of amides is 1. The van der Waals surface area contributed by atoms with Crippen LogP contribution < -0.4 is 11.1 Å². The summed E-state index contributed by atoms with van der Waals surface area (Å²) in [5.74, 6) is 0. The Morgan fingerprint density at radius 2 is 2.08 bits per heavy atom. The molecule has 0 radical (unpaired) electrons. The summed E-state index contributed by atoms with van der Waals surface area (Å²) in [7, 11) is 1.36. The minimum atomic E-state index is -0.393. The SMILES string of the molecule is COC(=O)NCC1(N)CCCCC1. The van der Waals surface area contributed by atoms with Crippen molar-refractivity contribution in [2.24, 2.45) is 5.73 Å². The number of carbonyl (C=O) groups is 1. The van der Waals surface area contributed by atoms with E-state index in [9.17, 15) is 4.79 Å². The third-order valence-corrected chi connectivity index (χ3v) is 2.62. The molecule has 1 amide bonds. The molecule has 4 nitrogen and oxygen atoms in total. The molecule has 4 heteroatoms. The zero-order valence-corrected chi connectivity index (χ0v) is 8.14. The number of ether oxygens (including phenoxy) is 1. The van der Waals surface area contributed by atoms with Gasteiger partial charge in [-0.25, -0.2) is 4.79 Å². The van der Waals surface area contributed by atoms with Crippen LogP contribution in [0.2, 0.25) is 0 Å². The van der Waals surface area contributed by atoms with Crippen LogP contribution in [-0.4, -0.2) is 25.3 Å². The summed E-state index contributed by atoms with van der Waals surface area (Å²) < 4.78 is 4.48. The average Bonchev–Trinajstić information content (AvgIpc) is 2.15. The smallest absolute Gasteiger partial charge is 0.406 e. The topological polar surface area (TPSA) is 64.3 Å². The van der Waals surface area contributed by atoms with E-state index >= 15 is 0 Å². The zero-order valence-electron chi connectivity index (χ0n) is 8.14. The molecule has 0 bridgehead atoms. The molecule has 1 aliphatic carbocycles. The second-order valence-corrected chi connectivity index (χ2v) is 3.77. The zero-order chi connectivity index (χ0) is 9.73. The Morgan fingerprint density at radius 1 is 1.46 bits per heavy atom. The Balaban J connectivity index is 2.28. The number of methoxy groups -OCH3 is 1. The number of carbonyl (C=O) groups excluding carboxylic acids is 1. The molecule has 1 rings (SSSR count). The van der Waals surface area contributed by atoms with Crippen LogP contribution in [0.3, 0.4) is 0 Å². The highest BCUT2D eigenvalue weighted by molar-refractivity contribution is 5.66. The number of nitrogens with one attached hydrogen (secondary N) is 1. The molecule has 0 spiro atoms. The average molecular weight is 186 g/mol. The van der Waals surface area contributed by atoms with E-state index in [2.05, 4.69) is 10.1 Å². The number of rotatable bonds is 2. The second kappa shape index (κ2) is 4.46. The van der Waals surface area contributed by atoms with E-state index in [1.807, 2.05) is 0 Å². The van der Waals surface area contributed by atoms with E-state index in [0.717, 1.165) is 12.8 Å². The summed E-state index contributed by atoms with van der Waals surface area (Å²) >= 11 is 0. The minimum Gasteiger partial charge on any atom is -0.453 e. The molecule has 0 aromatic heterocycles. The maximum Gasteiger partial charge on any atom is 0.406 e. The van der Waals surface area contributed by atoms with Gasteiger partial charge in [0, 0.05) is 12.1 Å². The number of hydrogen-bond donors (Lipinski definition) is 2. The largest absolute Gasteiger partial charge is 0.453 e. The van der Waals surface area contributed by atoms with Crippen LogP contribution in [0, 0.1) is 0 Å². The van der Waals surface area contributed by atoms with E-state index in [1.54, 1.807) is 0 Å². The highest BCUT2D eigenvalue weighted by Gasteiger charge is 2.27. The predicted molar refractivity (Wildman–Crippen MR) is 50.4 cm³/mol. The van der Waals surface area contributed by atoms with Gasteiger partial charge in [0.25, 0.3) is 0 Å². The summed E-state index contributed by atoms with van der Waals surface area (Å²) in [4.78, 5) is 10.8. The van der Waals surface area contributed by atoms with Crippen LogP contribution in [0.15, 0.2) is 0 Å². The van der Waals surface area contributed by atoms with Gasteiger partial charge in [0.05, 0.1) is 7.11 Å². The minimum absolute atomic E-state index is 0.202. The molecule has 76 valence electrons. The van der Waals surface area contributed by atoms with Crippen LogP contribution in [0.1, 0.15) is 32.1 Å². The van der Waals surface area contributed by atoms with Crippen molar-refractivity contribution in [3.8, 4) is 0 Å². The van der Waals surface area contributed by atoms with Gasteiger partial charge in [-0.05, 0) is 12.8 Å². The molecule has 0 unspecified atom stereocenters. The normalized spacial score (nSPS) is 20.8. The van der Waals surface area contributed by atoms with E-state index in [4.69, 9.17) is 5.73 Å². The maximum atomic E-state index is 10.8. The standard InChI is InChI=1S/C9H18N2O2/c1-13-8(12)11-7-9(10)5-3-2-4-6-9/h2-7,10H2,1H3,(H,11,12). The van der Waals surface area contributed by atoms with Crippen molar-refractivity contribution in [2.45, 2.75) is 37.6 Å². The quantitative estimate of drug-likeness (QED) is 0.676. The van der Waals surface area contributed by atoms with Gasteiger partial charge in [0.2, 0.25) is 0 Å². The fraction of sp³-hybridized carbons (Fsp3) is 0.889. The van der Waals surface area contributed by atoms with Gasteiger partial charge < -0.3 is 15.8 Å². The van der Waals surface area contributed by atoms with Gasteiger partial charge in [-0.2, -0.15) is 0 Å². The van der Waals surface area contributed by atoms with Crippen molar-refractivity contribution < 1.29 is 9.53 Å². The van der Waals surface area contributed by atoms with Crippen molar-refractivity contribution in [1.29, 1.82) is 0 Å². The van der Waals surface area contributed by atoms with Gasteiger partial charge in [0.1, 0.15) is 0 Å². The van der Waals surface area contributed by atoms with Crippen LogP contribution in [0.5, 0.6) is 0 Å². The molecule has 1 saturated carbocycles. The van der Waals surface area contributed by atoms with E-state index in [1.165, 1.54) is 26.4 Å². The van der Waals surface area contributed by atoms with Crippen LogP contribution in [0.25, 0.3) is 0 Å². The third-order valence-electron chi connectivity index (χ3n) is 2.62. The number of alkyl carbamates (subject to hydrolysis) is 1. The number of nitrogens with two attached hydrogens (primary N) is 1. The molecular weight excluding hydrogens is 168 g/mol. The molecular formula is C9H18N2O2. The molecule has 0 aromatic rings. The summed E-state index contributed by atoms with van der Waals surface area (Å²) in [5.41, 5.74) is 5.89. The molecule has 1 fully saturated rings. The van der Waals surface area contributed by atoms with Gasteiger partial charge >= 0.3 is 6.09 Å². The van der Waals surface area contributed by atoms with Gasteiger partial charge in [-0.1, -0.05) is 19.3 Å². The van der Waals surface area contributed by atoms with E-state index in [-0.39, 0.29) is 5.54 Å². The Bertz CT molecular complexity index is 176. The van der Waals surface area contributed by atoms with Crippen molar-refractivity contribution >= 4 is 6.09 Å². The third kappa shape index (κ3) is 3.22. The van der Waals surface area contributed by atoms with E-state index in [0.29, 0.717) is 6.54 Å². The van der Waals surface area contributed by atoms with E-state index < -0.39 is 6.09 Å². The van der Waals surface area contributed by atoms with Crippen LogP contribution >= 0.6 is 0 Å². The highest BCUT2D eigenvalue weighted by atomic mass is 16.5. The van der Waals surface area contributed by atoms with Crippen molar-refractivity contribution in [1.82, 2.24) is 5.32 Å². The molecule has 0 saturated heterocycles. The second-order valence-electron chi connectivity index (χ2n) is 3.77. The lowest BCUT2D eigenvalue weighted by atomic mass is 9.82. The van der Waals surface area contributed by atoms with Crippen LogP contribution in [-0.2, 0) is 4.74 Å². The summed E-state index contributed by atoms with van der Waals surface area (Å²) in [5, 5.41) is 2.66. The lowest BCUT2D eigenvalue weighted by molar-refractivity contribution is 0.165.